The van der Waals surface area contributed by atoms with Crippen LogP contribution >= 0.6 is 0 Å². The minimum atomic E-state index is -0.189. The molecule has 72 valence electrons. The summed E-state index contributed by atoms with van der Waals surface area (Å²) < 4.78 is 5.08. The van der Waals surface area contributed by atoms with Crippen molar-refractivity contribution in [2.45, 2.75) is 52.2 Å². The van der Waals surface area contributed by atoms with Crippen LogP contribution < -0.4 is 5.73 Å². The third kappa shape index (κ3) is 6.16. The predicted octanol–water partition coefficient (Wildman–Crippen LogP) is 1.46. The Balaban J connectivity index is 3.54. The van der Waals surface area contributed by atoms with Gasteiger partial charge in [-0.25, -0.2) is 0 Å². The first-order valence-corrected chi connectivity index (χ1v) is 4.51. The Morgan fingerprint density at radius 3 is 2.50 bits per heavy atom. The van der Waals surface area contributed by atoms with Gasteiger partial charge in [-0.05, 0) is 20.3 Å². The van der Waals surface area contributed by atoms with Gasteiger partial charge in [0, 0.05) is 6.04 Å². The number of carbonyl (C=O) groups is 1. The zero-order valence-electron chi connectivity index (χ0n) is 8.17. The first-order valence-electron chi connectivity index (χ1n) is 4.51. The van der Waals surface area contributed by atoms with E-state index < -0.39 is 0 Å². The van der Waals surface area contributed by atoms with Crippen molar-refractivity contribution in [3.63, 3.8) is 0 Å². The molecule has 0 saturated carbocycles. The SMILES string of the molecule is CCCC(C)OC(=O)CC(C)N. The van der Waals surface area contributed by atoms with Crippen molar-refractivity contribution >= 4 is 5.97 Å². The van der Waals surface area contributed by atoms with Crippen LogP contribution in [0.25, 0.3) is 0 Å². The van der Waals surface area contributed by atoms with Crippen LogP contribution in [0.4, 0.5) is 0 Å². The van der Waals surface area contributed by atoms with Gasteiger partial charge in [-0.2, -0.15) is 0 Å². The van der Waals surface area contributed by atoms with Crippen LogP contribution in [0.1, 0.15) is 40.0 Å². The number of nitrogens with two attached hydrogens (primary N) is 1. The molecule has 12 heavy (non-hydrogen) atoms. The topological polar surface area (TPSA) is 52.3 Å². The van der Waals surface area contributed by atoms with E-state index in [1.165, 1.54) is 0 Å². The molecule has 0 spiro atoms. The molecule has 0 fully saturated rings. The normalized spacial score (nSPS) is 15.3. The molecule has 0 heterocycles. The van der Waals surface area contributed by atoms with Gasteiger partial charge in [0.2, 0.25) is 0 Å². The summed E-state index contributed by atoms with van der Waals surface area (Å²) in [7, 11) is 0. The lowest BCUT2D eigenvalue weighted by molar-refractivity contribution is -0.148. The molecular weight excluding hydrogens is 154 g/mol. The monoisotopic (exact) mass is 173 g/mol. The largest absolute Gasteiger partial charge is 0.463 e. The van der Waals surface area contributed by atoms with Crippen LogP contribution in [0, 0.1) is 0 Å². The molecule has 2 unspecified atom stereocenters. The summed E-state index contributed by atoms with van der Waals surface area (Å²) in [5, 5.41) is 0. The highest BCUT2D eigenvalue weighted by Gasteiger charge is 2.09. The highest BCUT2D eigenvalue weighted by molar-refractivity contribution is 5.70. The van der Waals surface area contributed by atoms with Crippen LogP contribution in [0.3, 0.4) is 0 Å². The van der Waals surface area contributed by atoms with E-state index in [1.54, 1.807) is 6.92 Å². The maximum atomic E-state index is 11.0. The van der Waals surface area contributed by atoms with Gasteiger partial charge in [-0.15, -0.1) is 0 Å². The molecule has 2 N–H and O–H groups in total. The Bertz CT molecular complexity index is 134. The van der Waals surface area contributed by atoms with E-state index >= 15 is 0 Å². The van der Waals surface area contributed by atoms with Gasteiger partial charge in [-0.3, -0.25) is 4.79 Å². The van der Waals surface area contributed by atoms with Gasteiger partial charge < -0.3 is 10.5 Å². The van der Waals surface area contributed by atoms with Gasteiger partial charge in [0.25, 0.3) is 0 Å². The molecule has 2 atom stereocenters. The lowest BCUT2D eigenvalue weighted by Crippen LogP contribution is -2.23. The molecule has 0 amide bonds. The van der Waals surface area contributed by atoms with E-state index in [2.05, 4.69) is 6.92 Å². The van der Waals surface area contributed by atoms with Crippen molar-refractivity contribution in [2.75, 3.05) is 0 Å². The maximum absolute atomic E-state index is 11.0. The van der Waals surface area contributed by atoms with Crippen molar-refractivity contribution in [3.05, 3.63) is 0 Å². The molecule has 0 aliphatic heterocycles. The summed E-state index contributed by atoms with van der Waals surface area (Å²) in [6, 6.07) is -0.105. The van der Waals surface area contributed by atoms with E-state index in [4.69, 9.17) is 10.5 Å². The lowest BCUT2D eigenvalue weighted by Gasteiger charge is -2.12. The number of rotatable bonds is 5. The second kappa shape index (κ2) is 6.00. The van der Waals surface area contributed by atoms with Crippen molar-refractivity contribution in [2.24, 2.45) is 5.73 Å². The number of ether oxygens (including phenoxy) is 1. The van der Waals surface area contributed by atoms with Gasteiger partial charge >= 0.3 is 5.97 Å². The predicted molar refractivity (Wildman–Crippen MR) is 48.7 cm³/mol. The zero-order valence-corrected chi connectivity index (χ0v) is 8.17. The van der Waals surface area contributed by atoms with Crippen molar-refractivity contribution < 1.29 is 9.53 Å². The average Bonchev–Trinajstić information content (AvgIpc) is 1.84. The van der Waals surface area contributed by atoms with Crippen molar-refractivity contribution in [1.82, 2.24) is 0 Å². The number of hydrogen-bond donors (Lipinski definition) is 1. The third-order valence-corrected chi connectivity index (χ3v) is 1.52. The van der Waals surface area contributed by atoms with Crippen LogP contribution in [-0.4, -0.2) is 18.1 Å². The molecule has 0 aliphatic carbocycles. The molecule has 0 bridgehead atoms. The summed E-state index contributed by atoms with van der Waals surface area (Å²) >= 11 is 0. The molecule has 0 rings (SSSR count). The van der Waals surface area contributed by atoms with Crippen LogP contribution in [0.5, 0.6) is 0 Å². The van der Waals surface area contributed by atoms with E-state index in [-0.39, 0.29) is 18.1 Å². The smallest absolute Gasteiger partial charge is 0.307 e. The summed E-state index contributed by atoms with van der Waals surface area (Å²) in [5.74, 6) is -0.189. The van der Waals surface area contributed by atoms with Gasteiger partial charge in [-0.1, -0.05) is 13.3 Å². The summed E-state index contributed by atoms with van der Waals surface area (Å²) in [6.07, 6.45) is 2.30. The number of carbonyl (C=O) groups excluding carboxylic acids is 1. The summed E-state index contributed by atoms with van der Waals surface area (Å²) in [6.45, 7) is 5.77. The molecule has 0 aromatic rings. The summed E-state index contributed by atoms with van der Waals surface area (Å²) in [4.78, 5) is 11.0. The Kier molecular flexibility index (Phi) is 5.72. The van der Waals surface area contributed by atoms with Gasteiger partial charge in [0.15, 0.2) is 0 Å². The zero-order chi connectivity index (χ0) is 9.56. The third-order valence-electron chi connectivity index (χ3n) is 1.52. The highest BCUT2D eigenvalue weighted by atomic mass is 16.5. The van der Waals surface area contributed by atoms with E-state index in [0.717, 1.165) is 12.8 Å². The average molecular weight is 173 g/mol. The molecule has 0 aromatic carbocycles. The van der Waals surface area contributed by atoms with Crippen LogP contribution in [0.2, 0.25) is 0 Å². The second-order valence-corrected chi connectivity index (χ2v) is 3.27. The van der Waals surface area contributed by atoms with Crippen LogP contribution in [-0.2, 0) is 9.53 Å². The minimum Gasteiger partial charge on any atom is -0.463 e. The van der Waals surface area contributed by atoms with Gasteiger partial charge in [0.1, 0.15) is 0 Å². The lowest BCUT2D eigenvalue weighted by atomic mass is 10.2. The standard InChI is InChI=1S/C9H19NO2/c1-4-5-8(3)12-9(11)6-7(2)10/h7-8H,4-6,10H2,1-3H3. The Hall–Kier alpha value is -0.570. The summed E-state index contributed by atoms with van der Waals surface area (Å²) in [5.41, 5.74) is 5.44. The Morgan fingerprint density at radius 1 is 1.50 bits per heavy atom. The molecular formula is C9H19NO2. The first kappa shape index (κ1) is 11.4. The fraction of sp³-hybridized carbons (Fsp3) is 0.889. The second-order valence-electron chi connectivity index (χ2n) is 3.27. The van der Waals surface area contributed by atoms with Crippen molar-refractivity contribution in [3.8, 4) is 0 Å². The Morgan fingerprint density at radius 2 is 2.08 bits per heavy atom. The van der Waals surface area contributed by atoms with Crippen LogP contribution in [0.15, 0.2) is 0 Å². The maximum Gasteiger partial charge on any atom is 0.307 e. The molecule has 0 aliphatic rings. The minimum absolute atomic E-state index is 0.0289. The number of hydrogen-bond acceptors (Lipinski definition) is 3. The molecule has 0 saturated heterocycles. The molecule has 3 nitrogen and oxygen atoms in total. The molecule has 3 heteroatoms. The fourth-order valence-corrected chi connectivity index (χ4v) is 1.00. The highest BCUT2D eigenvalue weighted by Crippen LogP contribution is 2.02. The first-order chi connectivity index (χ1) is 5.56. The van der Waals surface area contributed by atoms with Crippen molar-refractivity contribution in [1.29, 1.82) is 0 Å². The molecule has 0 radical (unpaired) electrons. The molecule has 0 aromatic heterocycles. The van der Waals surface area contributed by atoms with E-state index in [1.807, 2.05) is 6.92 Å². The van der Waals surface area contributed by atoms with E-state index in [9.17, 15) is 4.79 Å². The quantitative estimate of drug-likeness (QED) is 0.640. The number of esters is 1. The van der Waals surface area contributed by atoms with E-state index in [0.29, 0.717) is 6.42 Å². The van der Waals surface area contributed by atoms with Gasteiger partial charge in [0.05, 0.1) is 12.5 Å². The Labute approximate surface area is 74.3 Å². The fourth-order valence-electron chi connectivity index (χ4n) is 1.00.